The highest BCUT2D eigenvalue weighted by atomic mass is 16.2. The van der Waals surface area contributed by atoms with Gasteiger partial charge in [0.2, 0.25) is 0 Å². The maximum absolute atomic E-state index is 12.1. The fourth-order valence-electron chi connectivity index (χ4n) is 4.14. The van der Waals surface area contributed by atoms with Crippen LogP contribution in [0.25, 0.3) is 11.0 Å². The van der Waals surface area contributed by atoms with Crippen LogP contribution in [-0.4, -0.2) is 28.5 Å². The minimum absolute atomic E-state index is 0.147. The predicted octanol–water partition coefficient (Wildman–Crippen LogP) is 7.26. The fourth-order valence-corrected chi connectivity index (χ4v) is 4.14. The second-order valence-electron chi connectivity index (χ2n) is 9.12. The van der Waals surface area contributed by atoms with Crippen molar-refractivity contribution < 1.29 is 9.59 Å². The summed E-state index contributed by atoms with van der Waals surface area (Å²) >= 11 is 0. The molecule has 3 N–H and O–H groups in total. The zero-order chi connectivity index (χ0) is 23.6. The Hall–Kier alpha value is -2.37. The summed E-state index contributed by atoms with van der Waals surface area (Å²) in [7, 11) is 0. The third-order valence-corrected chi connectivity index (χ3v) is 6.15. The van der Waals surface area contributed by atoms with E-state index in [0.717, 1.165) is 18.4 Å². The van der Waals surface area contributed by atoms with E-state index < -0.39 is 11.9 Å². The summed E-state index contributed by atoms with van der Waals surface area (Å²) in [4.78, 5) is 31.2. The molecular weight excluding hydrogens is 412 g/mol. The molecule has 33 heavy (non-hydrogen) atoms. The minimum Gasteiger partial charge on any atom is -0.338 e. The molecule has 0 bridgehead atoms. The normalized spacial score (nSPS) is 11.1. The lowest BCUT2D eigenvalue weighted by Crippen LogP contribution is -2.40. The van der Waals surface area contributed by atoms with Crippen LogP contribution in [0.4, 0.5) is 4.79 Å². The quantitative estimate of drug-likeness (QED) is 0.206. The van der Waals surface area contributed by atoms with Crippen LogP contribution < -0.4 is 10.6 Å². The Labute approximate surface area is 199 Å². The number of imidazole rings is 1. The molecule has 2 rings (SSSR count). The van der Waals surface area contributed by atoms with Gasteiger partial charge in [0.05, 0.1) is 11.0 Å². The summed E-state index contributed by atoms with van der Waals surface area (Å²) in [5, 5.41) is 5.08. The number of aromatic amines is 1. The molecule has 0 unspecified atom stereocenters. The van der Waals surface area contributed by atoms with E-state index >= 15 is 0 Å². The zero-order valence-corrected chi connectivity index (χ0v) is 20.6. The van der Waals surface area contributed by atoms with Crippen molar-refractivity contribution in [3.05, 3.63) is 30.1 Å². The maximum atomic E-state index is 12.1. The Balaban J connectivity index is 1.36. The van der Waals surface area contributed by atoms with Crippen LogP contribution in [0.15, 0.2) is 24.3 Å². The summed E-state index contributed by atoms with van der Waals surface area (Å²) in [6.45, 7) is 2.85. The standard InChI is InChI=1S/C27H44N4O2/c1-2-3-4-5-6-7-8-9-10-11-12-13-14-15-16-19-22-28-27(33)31-26(32)25-29-23-20-17-18-21-24(23)30-25/h17-18,20-21H,2-16,19,22H2,1H3,(H,29,30)(H2,28,31,32,33). The molecule has 1 heterocycles. The van der Waals surface area contributed by atoms with E-state index in [1.807, 2.05) is 24.3 Å². The fraction of sp³-hybridized carbons (Fsp3) is 0.667. The molecule has 0 saturated heterocycles. The van der Waals surface area contributed by atoms with Crippen LogP contribution in [0, 0.1) is 0 Å². The van der Waals surface area contributed by atoms with Crippen LogP contribution in [0.5, 0.6) is 0 Å². The topological polar surface area (TPSA) is 86.9 Å². The largest absolute Gasteiger partial charge is 0.338 e. The molecule has 0 atom stereocenters. The zero-order valence-electron chi connectivity index (χ0n) is 20.6. The van der Waals surface area contributed by atoms with Crippen molar-refractivity contribution in [3.63, 3.8) is 0 Å². The number of imide groups is 1. The lowest BCUT2D eigenvalue weighted by Gasteiger charge is -2.06. The van der Waals surface area contributed by atoms with Crippen molar-refractivity contribution in [2.45, 2.75) is 110 Å². The Morgan fingerprint density at radius 3 is 1.82 bits per heavy atom. The second-order valence-corrected chi connectivity index (χ2v) is 9.12. The molecule has 0 aliphatic rings. The molecule has 0 aliphatic heterocycles. The number of carbonyl (C=O) groups excluding carboxylic acids is 2. The molecule has 184 valence electrons. The number of hydrogen-bond donors (Lipinski definition) is 3. The maximum Gasteiger partial charge on any atom is 0.321 e. The average Bonchev–Trinajstić information content (AvgIpc) is 3.26. The number of rotatable bonds is 18. The van der Waals surface area contributed by atoms with Crippen LogP contribution in [0.2, 0.25) is 0 Å². The van der Waals surface area contributed by atoms with Crippen molar-refractivity contribution in [2.24, 2.45) is 0 Å². The average molecular weight is 457 g/mol. The van der Waals surface area contributed by atoms with Crippen molar-refractivity contribution in [1.82, 2.24) is 20.6 Å². The number of urea groups is 1. The smallest absolute Gasteiger partial charge is 0.321 e. The van der Waals surface area contributed by atoms with E-state index in [2.05, 4.69) is 27.5 Å². The summed E-state index contributed by atoms with van der Waals surface area (Å²) in [5.74, 6) is -0.371. The monoisotopic (exact) mass is 456 g/mol. The molecule has 6 heteroatoms. The van der Waals surface area contributed by atoms with Gasteiger partial charge < -0.3 is 10.3 Å². The predicted molar refractivity (Wildman–Crippen MR) is 137 cm³/mol. The molecule has 0 spiro atoms. The highest BCUT2D eigenvalue weighted by Gasteiger charge is 2.14. The Kier molecular flexibility index (Phi) is 14.0. The van der Waals surface area contributed by atoms with Gasteiger partial charge in [0.1, 0.15) is 0 Å². The van der Waals surface area contributed by atoms with E-state index in [1.54, 1.807) is 0 Å². The van der Waals surface area contributed by atoms with Crippen LogP contribution >= 0.6 is 0 Å². The van der Waals surface area contributed by atoms with Gasteiger partial charge in [-0.05, 0) is 18.6 Å². The lowest BCUT2D eigenvalue weighted by atomic mass is 10.0. The first kappa shape index (κ1) is 26.9. The van der Waals surface area contributed by atoms with Gasteiger partial charge in [0.15, 0.2) is 5.82 Å². The number of H-pyrrole nitrogens is 1. The molecule has 1 aromatic heterocycles. The third kappa shape index (κ3) is 11.9. The molecule has 3 amide bonds. The molecule has 2 aromatic rings. The Morgan fingerprint density at radius 2 is 1.27 bits per heavy atom. The van der Waals surface area contributed by atoms with Crippen LogP contribution in [0.1, 0.15) is 120 Å². The summed E-state index contributed by atoms with van der Waals surface area (Å²) in [6.07, 6.45) is 21.2. The lowest BCUT2D eigenvalue weighted by molar-refractivity contribution is 0.0955. The van der Waals surface area contributed by atoms with E-state index in [1.165, 1.54) is 89.9 Å². The van der Waals surface area contributed by atoms with Crippen LogP contribution in [0.3, 0.4) is 0 Å². The van der Waals surface area contributed by atoms with Gasteiger partial charge >= 0.3 is 6.03 Å². The summed E-state index contributed by atoms with van der Waals surface area (Å²) < 4.78 is 0. The minimum atomic E-state index is -0.518. The van der Waals surface area contributed by atoms with Gasteiger partial charge in [-0.3, -0.25) is 10.1 Å². The molecule has 0 saturated carbocycles. The highest BCUT2D eigenvalue weighted by Crippen LogP contribution is 2.14. The molecule has 0 fully saturated rings. The molecule has 1 aromatic carbocycles. The first-order valence-electron chi connectivity index (χ1n) is 13.2. The number of amides is 3. The van der Waals surface area contributed by atoms with Crippen molar-refractivity contribution in [2.75, 3.05) is 6.54 Å². The number of hydrogen-bond acceptors (Lipinski definition) is 3. The van der Waals surface area contributed by atoms with Gasteiger partial charge in [-0.2, -0.15) is 0 Å². The Bertz CT molecular complexity index is 769. The number of para-hydroxylation sites is 2. The van der Waals surface area contributed by atoms with Crippen LogP contribution in [-0.2, 0) is 0 Å². The number of carbonyl (C=O) groups is 2. The van der Waals surface area contributed by atoms with Gasteiger partial charge in [-0.1, -0.05) is 115 Å². The number of nitrogens with one attached hydrogen (secondary N) is 3. The molecular formula is C27H44N4O2. The number of fused-ring (bicyclic) bond motifs is 1. The van der Waals surface area contributed by atoms with Gasteiger partial charge in [0, 0.05) is 6.54 Å². The second kappa shape index (κ2) is 17.2. The van der Waals surface area contributed by atoms with Gasteiger partial charge in [-0.15, -0.1) is 0 Å². The van der Waals surface area contributed by atoms with E-state index in [4.69, 9.17) is 0 Å². The van der Waals surface area contributed by atoms with Crippen molar-refractivity contribution in [1.29, 1.82) is 0 Å². The van der Waals surface area contributed by atoms with E-state index in [9.17, 15) is 9.59 Å². The van der Waals surface area contributed by atoms with Crippen molar-refractivity contribution >= 4 is 23.0 Å². The summed E-state index contributed by atoms with van der Waals surface area (Å²) in [6, 6.07) is 6.92. The van der Waals surface area contributed by atoms with Gasteiger partial charge in [0.25, 0.3) is 5.91 Å². The molecule has 0 radical (unpaired) electrons. The summed E-state index contributed by atoms with van der Waals surface area (Å²) in [5.41, 5.74) is 1.48. The highest BCUT2D eigenvalue weighted by molar-refractivity contribution is 6.03. The van der Waals surface area contributed by atoms with E-state index in [-0.39, 0.29) is 5.82 Å². The number of benzene rings is 1. The number of nitrogens with zero attached hydrogens (tertiary/aromatic N) is 1. The van der Waals surface area contributed by atoms with Crippen molar-refractivity contribution in [3.8, 4) is 0 Å². The first-order chi connectivity index (χ1) is 16.2. The number of unbranched alkanes of at least 4 members (excludes halogenated alkanes) is 15. The molecule has 0 aliphatic carbocycles. The third-order valence-electron chi connectivity index (χ3n) is 6.15. The van der Waals surface area contributed by atoms with Gasteiger partial charge in [-0.25, -0.2) is 9.78 Å². The molecule has 6 nitrogen and oxygen atoms in total. The first-order valence-corrected chi connectivity index (χ1v) is 13.2. The Morgan fingerprint density at radius 1 is 0.758 bits per heavy atom. The van der Waals surface area contributed by atoms with E-state index in [0.29, 0.717) is 12.1 Å². The SMILES string of the molecule is CCCCCCCCCCCCCCCCCCNC(=O)NC(=O)c1nc2ccccc2[nH]1. The number of aromatic nitrogens is 2.